The first-order valence-electron chi connectivity index (χ1n) is 6.77. The molecule has 1 aliphatic carbocycles. The Labute approximate surface area is 106 Å². The highest BCUT2D eigenvalue weighted by molar-refractivity contribution is 5.27. The Morgan fingerprint density at radius 3 is 2.53 bits per heavy atom. The van der Waals surface area contributed by atoms with E-state index in [1.807, 2.05) is 0 Å². The molecule has 94 valence electrons. The number of aryl methyl sites for hydroxylation is 1. The van der Waals surface area contributed by atoms with Crippen molar-refractivity contribution in [3.05, 3.63) is 35.4 Å². The summed E-state index contributed by atoms with van der Waals surface area (Å²) in [7, 11) is 0. The minimum atomic E-state index is 0.243. The van der Waals surface area contributed by atoms with Gasteiger partial charge in [0.15, 0.2) is 0 Å². The largest absolute Gasteiger partial charge is 0.312 e. The molecule has 17 heavy (non-hydrogen) atoms. The van der Waals surface area contributed by atoms with Gasteiger partial charge in [-0.25, -0.2) is 0 Å². The summed E-state index contributed by atoms with van der Waals surface area (Å²) in [5.41, 5.74) is 3.17. The van der Waals surface area contributed by atoms with Crippen LogP contribution < -0.4 is 5.32 Å². The van der Waals surface area contributed by atoms with Crippen molar-refractivity contribution < 1.29 is 0 Å². The van der Waals surface area contributed by atoms with E-state index in [4.69, 9.17) is 0 Å². The van der Waals surface area contributed by atoms with Gasteiger partial charge < -0.3 is 5.32 Å². The van der Waals surface area contributed by atoms with Crippen LogP contribution in [0.1, 0.15) is 50.7 Å². The standard InChI is InChI=1S/C16H25N/c1-12-6-5-7-13(10-12)15-9-8-14(15)11-17-16(2,3)4/h5-7,10,14-15,17H,8-9,11H2,1-4H3. The molecule has 1 aromatic carbocycles. The highest BCUT2D eigenvalue weighted by atomic mass is 14.9. The molecule has 0 bridgehead atoms. The molecule has 1 nitrogen and oxygen atoms in total. The van der Waals surface area contributed by atoms with Crippen molar-refractivity contribution in [1.82, 2.24) is 5.32 Å². The van der Waals surface area contributed by atoms with Gasteiger partial charge >= 0.3 is 0 Å². The first-order chi connectivity index (χ1) is 7.96. The molecule has 1 aromatic rings. The van der Waals surface area contributed by atoms with Crippen LogP contribution in [-0.2, 0) is 0 Å². The maximum atomic E-state index is 3.64. The van der Waals surface area contributed by atoms with Gasteiger partial charge in [-0.3, -0.25) is 0 Å². The second kappa shape index (κ2) is 4.81. The van der Waals surface area contributed by atoms with E-state index in [9.17, 15) is 0 Å². The average Bonchev–Trinajstić information content (AvgIpc) is 2.14. The minimum Gasteiger partial charge on any atom is -0.312 e. The zero-order chi connectivity index (χ0) is 12.5. The van der Waals surface area contributed by atoms with E-state index < -0.39 is 0 Å². The van der Waals surface area contributed by atoms with E-state index in [0.717, 1.165) is 18.4 Å². The molecule has 0 amide bonds. The Kier molecular flexibility index (Phi) is 3.58. The maximum Gasteiger partial charge on any atom is 0.00966 e. The van der Waals surface area contributed by atoms with E-state index >= 15 is 0 Å². The summed E-state index contributed by atoms with van der Waals surface area (Å²) in [6.07, 6.45) is 2.74. The third-order valence-corrected chi connectivity index (χ3v) is 3.78. The topological polar surface area (TPSA) is 12.0 Å². The Morgan fingerprint density at radius 2 is 2.00 bits per heavy atom. The summed E-state index contributed by atoms with van der Waals surface area (Å²) in [6.45, 7) is 10.1. The van der Waals surface area contributed by atoms with Crippen molar-refractivity contribution in [1.29, 1.82) is 0 Å². The van der Waals surface area contributed by atoms with Crippen LogP contribution in [0.4, 0.5) is 0 Å². The van der Waals surface area contributed by atoms with E-state index in [1.54, 1.807) is 0 Å². The number of hydrogen-bond donors (Lipinski definition) is 1. The highest BCUT2D eigenvalue weighted by Gasteiger charge is 2.32. The van der Waals surface area contributed by atoms with Gasteiger partial charge in [-0.1, -0.05) is 29.8 Å². The van der Waals surface area contributed by atoms with Crippen LogP contribution in [0.25, 0.3) is 0 Å². The summed E-state index contributed by atoms with van der Waals surface area (Å²) >= 11 is 0. The summed E-state index contributed by atoms with van der Waals surface area (Å²) in [4.78, 5) is 0. The van der Waals surface area contributed by atoms with Gasteiger partial charge in [0, 0.05) is 5.54 Å². The quantitative estimate of drug-likeness (QED) is 0.832. The molecule has 1 heteroatoms. The summed E-state index contributed by atoms with van der Waals surface area (Å²) in [5.74, 6) is 1.61. The zero-order valence-corrected chi connectivity index (χ0v) is 11.6. The SMILES string of the molecule is Cc1cccc(C2CCC2CNC(C)(C)C)c1. The van der Waals surface area contributed by atoms with Gasteiger partial charge in [-0.15, -0.1) is 0 Å². The molecular weight excluding hydrogens is 206 g/mol. The van der Waals surface area contributed by atoms with Gasteiger partial charge in [0.05, 0.1) is 0 Å². The lowest BCUT2D eigenvalue weighted by Gasteiger charge is -2.39. The number of nitrogens with one attached hydrogen (secondary N) is 1. The Bertz CT molecular complexity index is 375. The van der Waals surface area contributed by atoms with Gasteiger partial charge in [0.2, 0.25) is 0 Å². The van der Waals surface area contributed by atoms with Gasteiger partial charge in [-0.05, 0) is 64.5 Å². The highest BCUT2D eigenvalue weighted by Crippen LogP contribution is 2.42. The molecule has 1 aliphatic rings. The van der Waals surface area contributed by atoms with Crippen molar-refractivity contribution in [3.8, 4) is 0 Å². The minimum absolute atomic E-state index is 0.243. The molecule has 0 aromatic heterocycles. The third-order valence-electron chi connectivity index (χ3n) is 3.78. The normalized spacial score (nSPS) is 24.5. The first-order valence-corrected chi connectivity index (χ1v) is 6.77. The lowest BCUT2D eigenvalue weighted by Crippen LogP contribution is -2.42. The van der Waals surface area contributed by atoms with E-state index in [1.165, 1.54) is 24.0 Å². The molecule has 2 atom stereocenters. The molecule has 0 heterocycles. The van der Waals surface area contributed by atoms with Crippen LogP contribution in [0, 0.1) is 12.8 Å². The molecule has 1 saturated carbocycles. The fourth-order valence-corrected chi connectivity index (χ4v) is 2.59. The van der Waals surface area contributed by atoms with Crippen LogP contribution in [0.15, 0.2) is 24.3 Å². The lowest BCUT2D eigenvalue weighted by atomic mass is 9.69. The number of rotatable bonds is 3. The molecule has 1 fully saturated rings. The smallest absolute Gasteiger partial charge is 0.00966 e. The monoisotopic (exact) mass is 231 g/mol. The van der Waals surface area contributed by atoms with Crippen molar-refractivity contribution in [2.24, 2.45) is 5.92 Å². The second-order valence-corrected chi connectivity index (χ2v) is 6.49. The second-order valence-electron chi connectivity index (χ2n) is 6.49. The van der Waals surface area contributed by atoms with Crippen molar-refractivity contribution in [2.75, 3.05) is 6.54 Å². The van der Waals surface area contributed by atoms with Gasteiger partial charge in [0.1, 0.15) is 0 Å². The van der Waals surface area contributed by atoms with Crippen molar-refractivity contribution in [3.63, 3.8) is 0 Å². The van der Waals surface area contributed by atoms with Crippen LogP contribution in [0.2, 0.25) is 0 Å². The first kappa shape index (κ1) is 12.6. The van der Waals surface area contributed by atoms with Crippen molar-refractivity contribution >= 4 is 0 Å². The molecule has 0 saturated heterocycles. The van der Waals surface area contributed by atoms with E-state index in [-0.39, 0.29) is 5.54 Å². The number of hydrogen-bond acceptors (Lipinski definition) is 1. The average molecular weight is 231 g/mol. The molecule has 2 unspecified atom stereocenters. The molecular formula is C16H25N. The molecule has 0 spiro atoms. The number of benzene rings is 1. The summed E-state index contributed by atoms with van der Waals surface area (Å²) in [6, 6.07) is 9.02. The van der Waals surface area contributed by atoms with Crippen LogP contribution in [0.5, 0.6) is 0 Å². The third kappa shape index (κ3) is 3.32. The Hall–Kier alpha value is -0.820. The Balaban J connectivity index is 1.95. The van der Waals surface area contributed by atoms with Crippen molar-refractivity contribution in [2.45, 2.75) is 52.0 Å². The predicted molar refractivity (Wildman–Crippen MR) is 74.4 cm³/mol. The van der Waals surface area contributed by atoms with Crippen LogP contribution >= 0.6 is 0 Å². The van der Waals surface area contributed by atoms with Gasteiger partial charge in [-0.2, -0.15) is 0 Å². The fraction of sp³-hybridized carbons (Fsp3) is 0.625. The molecule has 2 rings (SSSR count). The summed E-state index contributed by atoms with van der Waals surface area (Å²) in [5, 5.41) is 3.64. The molecule has 1 N–H and O–H groups in total. The fourth-order valence-electron chi connectivity index (χ4n) is 2.59. The van der Waals surface area contributed by atoms with Crippen LogP contribution in [0.3, 0.4) is 0 Å². The predicted octanol–water partition coefficient (Wildman–Crippen LogP) is 3.88. The van der Waals surface area contributed by atoms with Crippen LogP contribution in [-0.4, -0.2) is 12.1 Å². The maximum absolute atomic E-state index is 3.64. The van der Waals surface area contributed by atoms with E-state index in [2.05, 4.69) is 57.3 Å². The van der Waals surface area contributed by atoms with E-state index in [0.29, 0.717) is 0 Å². The summed E-state index contributed by atoms with van der Waals surface area (Å²) < 4.78 is 0. The van der Waals surface area contributed by atoms with Gasteiger partial charge in [0.25, 0.3) is 0 Å². The molecule has 0 radical (unpaired) electrons. The molecule has 0 aliphatic heterocycles. The lowest BCUT2D eigenvalue weighted by molar-refractivity contribution is 0.225. The zero-order valence-electron chi connectivity index (χ0n) is 11.6. The Morgan fingerprint density at radius 1 is 1.24 bits per heavy atom.